The Balaban J connectivity index is 1.43. The Kier molecular flexibility index (Phi) is 5.69. The van der Waals surface area contributed by atoms with Gasteiger partial charge in [0.05, 0.1) is 5.69 Å². The smallest absolute Gasteiger partial charge is 0.226 e. The fourth-order valence-corrected chi connectivity index (χ4v) is 3.15. The molecule has 0 saturated carbocycles. The number of rotatable bonds is 7. The summed E-state index contributed by atoms with van der Waals surface area (Å²) in [5.41, 5.74) is 1.96. The van der Waals surface area contributed by atoms with Crippen LogP contribution in [0.25, 0.3) is 11.3 Å². The van der Waals surface area contributed by atoms with E-state index in [-0.39, 0.29) is 5.91 Å². The lowest BCUT2D eigenvalue weighted by molar-refractivity contribution is -0.697. The summed E-state index contributed by atoms with van der Waals surface area (Å²) >= 11 is 1.46. The molecule has 2 heterocycles. The van der Waals surface area contributed by atoms with E-state index in [1.54, 1.807) is 0 Å². The molecule has 24 heavy (non-hydrogen) atoms. The maximum atomic E-state index is 12.0. The maximum absolute atomic E-state index is 12.0. The highest BCUT2D eigenvalue weighted by Crippen LogP contribution is 2.24. The lowest BCUT2D eigenvalue weighted by atomic mass is 10.2. The quantitative estimate of drug-likeness (QED) is 0.524. The van der Waals surface area contributed by atoms with E-state index in [2.05, 4.69) is 14.9 Å². The highest BCUT2D eigenvalue weighted by atomic mass is 32.1. The lowest BCUT2D eigenvalue weighted by Crippen LogP contribution is -2.32. The van der Waals surface area contributed by atoms with Crippen LogP contribution in [0.4, 0.5) is 5.13 Å². The first-order valence-electron chi connectivity index (χ1n) is 8.06. The Morgan fingerprint density at radius 2 is 1.79 bits per heavy atom. The van der Waals surface area contributed by atoms with Crippen LogP contribution in [0, 0.1) is 0 Å². The second-order valence-corrected chi connectivity index (χ2v) is 6.38. The Morgan fingerprint density at radius 1 is 1.04 bits per heavy atom. The van der Waals surface area contributed by atoms with Crippen LogP contribution in [0.5, 0.6) is 0 Å². The number of aryl methyl sites for hydroxylation is 1. The number of unbranched alkanes of at least 4 members (excludes halogenated alkanes) is 1. The molecule has 3 rings (SSSR count). The van der Waals surface area contributed by atoms with Crippen molar-refractivity contribution in [1.82, 2.24) is 4.98 Å². The largest absolute Gasteiger partial charge is 0.302 e. The Hall–Kier alpha value is -2.53. The predicted molar refractivity (Wildman–Crippen MR) is 96.7 cm³/mol. The van der Waals surface area contributed by atoms with Gasteiger partial charge in [-0.25, -0.2) is 9.55 Å². The molecule has 0 aliphatic heterocycles. The van der Waals surface area contributed by atoms with E-state index in [0.29, 0.717) is 11.6 Å². The van der Waals surface area contributed by atoms with Crippen molar-refractivity contribution in [3.8, 4) is 11.3 Å². The van der Waals surface area contributed by atoms with Crippen LogP contribution in [-0.2, 0) is 11.3 Å². The summed E-state index contributed by atoms with van der Waals surface area (Å²) in [6.45, 7) is 0.934. The van der Waals surface area contributed by atoms with Gasteiger partial charge in [0, 0.05) is 35.9 Å². The van der Waals surface area contributed by atoms with Crippen LogP contribution in [0.3, 0.4) is 0 Å². The minimum absolute atomic E-state index is 0.0297. The Morgan fingerprint density at radius 3 is 2.58 bits per heavy atom. The number of nitrogens with one attached hydrogen (secondary N) is 1. The first kappa shape index (κ1) is 16.3. The summed E-state index contributed by atoms with van der Waals surface area (Å²) in [5.74, 6) is 0.0297. The number of nitrogens with zero attached hydrogens (tertiary/aromatic N) is 2. The van der Waals surface area contributed by atoms with Gasteiger partial charge in [0.1, 0.15) is 6.54 Å². The molecule has 4 nitrogen and oxygen atoms in total. The summed E-state index contributed by atoms with van der Waals surface area (Å²) in [6, 6.07) is 16.0. The van der Waals surface area contributed by atoms with E-state index >= 15 is 0 Å². The van der Waals surface area contributed by atoms with Gasteiger partial charge in [-0.15, -0.1) is 11.3 Å². The monoisotopic (exact) mass is 338 g/mol. The first-order valence-corrected chi connectivity index (χ1v) is 8.94. The second kappa shape index (κ2) is 8.36. The molecule has 0 spiro atoms. The summed E-state index contributed by atoms with van der Waals surface area (Å²) in [6.07, 6.45) is 6.45. The molecular formula is C19H20N3OS+. The van der Waals surface area contributed by atoms with Gasteiger partial charge in [-0.1, -0.05) is 36.4 Å². The molecule has 0 radical (unpaired) electrons. The SMILES string of the molecule is O=C(CCCC[n+]1ccccc1)Nc1nc(-c2ccccc2)cs1. The van der Waals surface area contributed by atoms with Crippen LogP contribution < -0.4 is 9.88 Å². The number of amides is 1. The third kappa shape index (κ3) is 4.73. The zero-order valence-corrected chi connectivity index (χ0v) is 14.2. The van der Waals surface area contributed by atoms with Crippen LogP contribution >= 0.6 is 11.3 Å². The van der Waals surface area contributed by atoms with Gasteiger partial charge >= 0.3 is 0 Å². The summed E-state index contributed by atoms with van der Waals surface area (Å²) < 4.78 is 2.13. The lowest BCUT2D eigenvalue weighted by Gasteiger charge is -2.01. The number of hydrogen-bond acceptors (Lipinski definition) is 3. The van der Waals surface area contributed by atoms with Crippen LogP contribution in [0.2, 0.25) is 0 Å². The number of aromatic nitrogens is 2. The third-order valence-corrected chi connectivity index (χ3v) is 4.43. The highest BCUT2D eigenvalue weighted by Gasteiger charge is 2.08. The zero-order chi connectivity index (χ0) is 16.6. The zero-order valence-electron chi connectivity index (χ0n) is 13.4. The molecule has 1 N–H and O–H groups in total. The number of carbonyl (C=O) groups excluding carboxylic acids is 1. The van der Waals surface area contributed by atoms with Gasteiger partial charge in [-0.2, -0.15) is 0 Å². The van der Waals surface area contributed by atoms with Crippen molar-refractivity contribution in [1.29, 1.82) is 0 Å². The Bertz CT molecular complexity index is 772. The predicted octanol–water partition coefficient (Wildman–Crippen LogP) is 3.91. The molecule has 0 saturated heterocycles. The third-order valence-electron chi connectivity index (χ3n) is 3.67. The molecular weight excluding hydrogens is 318 g/mol. The number of carbonyl (C=O) groups is 1. The fourth-order valence-electron chi connectivity index (χ4n) is 2.42. The molecule has 1 aromatic carbocycles. The number of anilines is 1. The van der Waals surface area contributed by atoms with E-state index in [1.165, 1.54) is 11.3 Å². The average molecular weight is 338 g/mol. The fraction of sp³-hybridized carbons (Fsp3) is 0.211. The molecule has 0 atom stereocenters. The molecule has 3 aromatic rings. The van der Waals surface area contributed by atoms with Gasteiger partial charge in [-0.05, 0) is 6.42 Å². The molecule has 2 aromatic heterocycles. The maximum Gasteiger partial charge on any atom is 0.226 e. The molecule has 5 heteroatoms. The van der Waals surface area contributed by atoms with Crippen LogP contribution in [0.15, 0.2) is 66.3 Å². The van der Waals surface area contributed by atoms with Crippen molar-refractivity contribution < 1.29 is 9.36 Å². The van der Waals surface area contributed by atoms with Crippen molar-refractivity contribution in [2.45, 2.75) is 25.8 Å². The molecule has 0 unspecified atom stereocenters. The highest BCUT2D eigenvalue weighted by molar-refractivity contribution is 7.14. The van der Waals surface area contributed by atoms with Crippen molar-refractivity contribution in [3.05, 3.63) is 66.3 Å². The molecule has 0 aliphatic carbocycles. The number of hydrogen-bond donors (Lipinski definition) is 1. The van der Waals surface area contributed by atoms with Crippen molar-refractivity contribution in [2.75, 3.05) is 5.32 Å². The van der Waals surface area contributed by atoms with E-state index in [1.807, 2.05) is 66.3 Å². The summed E-state index contributed by atoms with van der Waals surface area (Å²) in [7, 11) is 0. The topological polar surface area (TPSA) is 45.9 Å². The first-order chi connectivity index (χ1) is 11.8. The van der Waals surface area contributed by atoms with Gasteiger partial charge in [0.25, 0.3) is 0 Å². The van der Waals surface area contributed by atoms with Crippen molar-refractivity contribution in [3.63, 3.8) is 0 Å². The van der Waals surface area contributed by atoms with Gasteiger partial charge in [0.15, 0.2) is 17.5 Å². The molecule has 0 bridgehead atoms. The van der Waals surface area contributed by atoms with E-state index in [0.717, 1.165) is 30.6 Å². The minimum Gasteiger partial charge on any atom is -0.302 e. The standard InChI is InChI=1S/C19H19N3OS/c23-18(11-5-8-14-22-12-6-2-7-13-22)21-19-20-17(15-24-19)16-9-3-1-4-10-16/h1-4,6-7,9-10,12-13,15H,5,8,11,14H2/p+1. The van der Waals surface area contributed by atoms with Crippen LogP contribution in [0.1, 0.15) is 19.3 Å². The Labute approximate surface area is 145 Å². The van der Waals surface area contributed by atoms with Gasteiger partial charge in [0.2, 0.25) is 5.91 Å². The van der Waals surface area contributed by atoms with Crippen molar-refractivity contribution in [2.24, 2.45) is 0 Å². The number of pyridine rings is 1. The average Bonchev–Trinajstić information content (AvgIpc) is 3.09. The van der Waals surface area contributed by atoms with E-state index < -0.39 is 0 Å². The molecule has 1 amide bonds. The van der Waals surface area contributed by atoms with Crippen molar-refractivity contribution >= 4 is 22.4 Å². The van der Waals surface area contributed by atoms with E-state index in [9.17, 15) is 4.79 Å². The molecule has 0 aliphatic rings. The number of thiazole rings is 1. The molecule has 0 fully saturated rings. The van der Waals surface area contributed by atoms with E-state index in [4.69, 9.17) is 0 Å². The van der Waals surface area contributed by atoms with Gasteiger partial charge in [-0.3, -0.25) is 4.79 Å². The number of benzene rings is 1. The molecule has 122 valence electrons. The minimum atomic E-state index is 0.0297. The summed E-state index contributed by atoms with van der Waals surface area (Å²) in [4.78, 5) is 16.5. The summed E-state index contributed by atoms with van der Waals surface area (Å²) in [5, 5.41) is 5.52. The second-order valence-electron chi connectivity index (χ2n) is 5.52. The van der Waals surface area contributed by atoms with Gasteiger partial charge < -0.3 is 5.32 Å². The van der Waals surface area contributed by atoms with Crippen LogP contribution in [-0.4, -0.2) is 10.9 Å². The normalized spacial score (nSPS) is 10.5.